The molecular weight excluding hydrogens is 344 g/mol. The van der Waals surface area contributed by atoms with Crippen molar-refractivity contribution in [3.05, 3.63) is 64.7 Å². The molecule has 0 saturated heterocycles. The Bertz CT molecular complexity index is 706. The second-order valence-electron chi connectivity index (χ2n) is 7.08. The number of unbranched alkanes of at least 4 members (excludes halogenated alkanes) is 5. The van der Waals surface area contributed by atoms with Crippen molar-refractivity contribution in [3.63, 3.8) is 0 Å². The number of halogens is 1. The summed E-state index contributed by atoms with van der Waals surface area (Å²) in [6.45, 7) is 3.67. The van der Waals surface area contributed by atoms with Crippen LogP contribution < -0.4 is 4.90 Å². The average Bonchev–Trinajstić information content (AvgIpc) is 2.65. The van der Waals surface area contributed by atoms with Crippen molar-refractivity contribution in [3.8, 4) is 0 Å². The fourth-order valence-electron chi connectivity index (χ4n) is 3.80. The van der Waals surface area contributed by atoms with Gasteiger partial charge in [-0.1, -0.05) is 87.0 Å². The summed E-state index contributed by atoms with van der Waals surface area (Å²) in [5.74, 6) is 0. The zero-order chi connectivity index (χ0) is 18.4. The lowest BCUT2D eigenvalue weighted by Crippen LogP contribution is -2.44. The molecule has 1 N–H and O–H groups in total. The molecule has 1 heterocycles. The predicted molar refractivity (Wildman–Crippen MR) is 109 cm³/mol. The van der Waals surface area contributed by atoms with Crippen molar-refractivity contribution in [2.75, 3.05) is 11.4 Å². The number of rotatable bonds is 8. The Morgan fingerprint density at radius 3 is 2.46 bits per heavy atom. The van der Waals surface area contributed by atoms with Gasteiger partial charge >= 0.3 is 0 Å². The molecule has 1 aliphatic heterocycles. The predicted octanol–water partition coefficient (Wildman–Crippen LogP) is 6.41. The first-order valence-electron chi connectivity index (χ1n) is 9.77. The van der Waals surface area contributed by atoms with Gasteiger partial charge in [0.1, 0.15) is 6.17 Å². The first-order chi connectivity index (χ1) is 12.7. The van der Waals surface area contributed by atoms with Crippen LogP contribution in [0.2, 0.25) is 5.02 Å². The lowest BCUT2D eigenvalue weighted by atomic mass is 10.0. The fourth-order valence-corrected chi connectivity index (χ4v) is 4.03. The quantitative estimate of drug-likeness (QED) is 0.542. The SMILES string of the molecule is CCCCCCCCN1c2ccccc2CN(O)C1c1ccccc1Cl. The van der Waals surface area contributed by atoms with Gasteiger partial charge < -0.3 is 10.1 Å². The Kier molecular flexibility index (Phi) is 6.95. The molecule has 1 unspecified atom stereocenters. The van der Waals surface area contributed by atoms with Crippen LogP contribution in [-0.2, 0) is 6.54 Å². The molecule has 3 nitrogen and oxygen atoms in total. The number of hydroxylamine groups is 2. The molecule has 26 heavy (non-hydrogen) atoms. The third kappa shape index (κ3) is 4.40. The highest BCUT2D eigenvalue weighted by Crippen LogP contribution is 2.40. The van der Waals surface area contributed by atoms with Crippen LogP contribution in [0.25, 0.3) is 0 Å². The molecule has 3 rings (SSSR count). The van der Waals surface area contributed by atoms with Crippen LogP contribution in [0.1, 0.15) is 62.7 Å². The molecule has 0 spiro atoms. The van der Waals surface area contributed by atoms with Gasteiger partial charge in [-0.3, -0.25) is 0 Å². The van der Waals surface area contributed by atoms with E-state index in [4.69, 9.17) is 11.6 Å². The van der Waals surface area contributed by atoms with E-state index in [1.165, 1.54) is 42.9 Å². The summed E-state index contributed by atoms with van der Waals surface area (Å²) in [6, 6.07) is 16.2. The van der Waals surface area contributed by atoms with Gasteiger partial charge in [0, 0.05) is 22.8 Å². The first kappa shape index (κ1) is 19.2. The summed E-state index contributed by atoms with van der Waals surface area (Å²) < 4.78 is 0. The Morgan fingerprint density at radius 2 is 1.65 bits per heavy atom. The van der Waals surface area contributed by atoms with Crippen molar-refractivity contribution >= 4 is 17.3 Å². The van der Waals surface area contributed by atoms with Gasteiger partial charge in [0.2, 0.25) is 0 Å². The van der Waals surface area contributed by atoms with E-state index in [1.807, 2.05) is 30.3 Å². The molecule has 0 saturated carbocycles. The van der Waals surface area contributed by atoms with Crippen molar-refractivity contribution in [2.24, 2.45) is 0 Å². The molecule has 0 radical (unpaired) electrons. The molecule has 0 amide bonds. The maximum Gasteiger partial charge on any atom is 0.133 e. The molecule has 0 bridgehead atoms. The van der Waals surface area contributed by atoms with E-state index >= 15 is 0 Å². The lowest BCUT2D eigenvalue weighted by molar-refractivity contribution is -0.142. The maximum absolute atomic E-state index is 10.8. The largest absolute Gasteiger partial charge is 0.350 e. The normalized spacial score (nSPS) is 17.3. The van der Waals surface area contributed by atoms with E-state index in [9.17, 15) is 5.21 Å². The molecule has 0 fully saturated rings. The van der Waals surface area contributed by atoms with Crippen molar-refractivity contribution in [1.82, 2.24) is 5.06 Å². The minimum absolute atomic E-state index is 0.241. The van der Waals surface area contributed by atoms with Crippen LogP contribution in [0.5, 0.6) is 0 Å². The molecule has 0 aromatic heterocycles. The highest BCUT2D eigenvalue weighted by atomic mass is 35.5. The number of hydrogen-bond donors (Lipinski definition) is 1. The Morgan fingerprint density at radius 1 is 0.962 bits per heavy atom. The molecule has 1 atom stereocenters. The molecule has 2 aromatic rings. The third-order valence-corrected chi connectivity index (χ3v) is 5.49. The topological polar surface area (TPSA) is 26.7 Å². The number of fused-ring (bicyclic) bond motifs is 1. The highest BCUT2D eigenvalue weighted by molar-refractivity contribution is 6.31. The van der Waals surface area contributed by atoms with E-state index < -0.39 is 0 Å². The van der Waals surface area contributed by atoms with Gasteiger partial charge in [-0.15, -0.1) is 0 Å². The van der Waals surface area contributed by atoms with E-state index in [0.717, 1.165) is 24.1 Å². The third-order valence-electron chi connectivity index (χ3n) is 5.15. The van der Waals surface area contributed by atoms with E-state index in [-0.39, 0.29) is 6.17 Å². The summed E-state index contributed by atoms with van der Waals surface area (Å²) in [7, 11) is 0. The van der Waals surface area contributed by atoms with Crippen LogP contribution in [0.4, 0.5) is 5.69 Å². The Labute approximate surface area is 162 Å². The second kappa shape index (κ2) is 9.40. The van der Waals surface area contributed by atoms with Crippen molar-refractivity contribution in [2.45, 2.75) is 58.2 Å². The minimum Gasteiger partial charge on any atom is -0.350 e. The summed E-state index contributed by atoms with van der Waals surface area (Å²) in [5.41, 5.74) is 3.32. The molecule has 2 aromatic carbocycles. The van der Waals surface area contributed by atoms with E-state index in [0.29, 0.717) is 11.6 Å². The van der Waals surface area contributed by atoms with Gasteiger partial charge in [-0.05, 0) is 24.1 Å². The standard InChI is InChI=1S/C22H29ClN2O/c1-2-3-4-5-6-11-16-24-21-15-10-7-12-18(21)17-25(26)22(24)19-13-8-9-14-20(19)23/h7-10,12-15,22,26H,2-6,11,16-17H2,1H3. The van der Waals surface area contributed by atoms with Gasteiger partial charge in [0.25, 0.3) is 0 Å². The Hall–Kier alpha value is -1.55. The number of benzene rings is 2. The average molecular weight is 373 g/mol. The molecule has 4 heteroatoms. The van der Waals surface area contributed by atoms with E-state index in [1.54, 1.807) is 0 Å². The Balaban J connectivity index is 1.81. The second-order valence-corrected chi connectivity index (χ2v) is 7.49. The fraction of sp³-hybridized carbons (Fsp3) is 0.455. The lowest BCUT2D eigenvalue weighted by Gasteiger charge is -2.43. The number of hydrogen-bond acceptors (Lipinski definition) is 3. The molecule has 1 aliphatic rings. The van der Waals surface area contributed by atoms with Crippen LogP contribution in [0, 0.1) is 0 Å². The van der Waals surface area contributed by atoms with Gasteiger partial charge in [-0.2, -0.15) is 5.06 Å². The number of anilines is 1. The summed E-state index contributed by atoms with van der Waals surface area (Å²) in [6.07, 6.45) is 7.28. The van der Waals surface area contributed by atoms with Crippen LogP contribution in [-0.4, -0.2) is 16.8 Å². The van der Waals surface area contributed by atoms with Gasteiger partial charge in [0.15, 0.2) is 0 Å². The number of para-hydroxylation sites is 1. The molecular formula is C22H29ClN2O. The van der Waals surface area contributed by atoms with Crippen LogP contribution in [0.15, 0.2) is 48.5 Å². The summed E-state index contributed by atoms with van der Waals surface area (Å²) in [4.78, 5) is 2.31. The monoisotopic (exact) mass is 372 g/mol. The van der Waals surface area contributed by atoms with Crippen LogP contribution in [0.3, 0.4) is 0 Å². The smallest absolute Gasteiger partial charge is 0.133 e. The highest BCUT2D eigenvalue weighted by Gasteiger charge is 2.33. The molecule has 140 valence electrons. The van der Waals surface area contributed by atoms with Crippen LogP contribution >= 0.6 is 11.6 Å². The van der Waals surface area contributed by atoms with Gasteiger partial charge in [0.05, 0.1) is 6.54 Å². The van der Waals surface area contributed by atoms with Crippen molar-refractivity contribution < 1.29 is 5.21 Å². The zero-order valence-corrected chi connectivity index (χ0v) is 16.3. The minimum atomic E-state index is -0.241. The van der Waals surface area contributed by atoms with Gasteiger partial charge in [-0.25, -0.2) is 0 Å². The number of nitrogens with zero attached hydrogens (tertiary/aromatic N) is 2. The first-order valence-corrected chi connectivity index (χ1v) is 10.1. The summed E-state index contributed by atoms with van der Waals surface area (Å²) in [5, 5.41) is 12.9. The maximum atomic E-state index is 10.8. The summed E-state index contributed by atoms with van der Waals surface area (Å²) >= 11 is 6.47. The zero-order valence-electron chi connectivity index (χ0n) is 15.6. The van der Waals surface area contributed by atoms with Crippen molar-refractivity contribution in [1.29, 1.82) is 0 Å². The molecule has 0 aliphatic carbocycles. The van der Waals surface area contributed by atoms with E-state index in [2.05, 4.69) is 30.0 Å².